The molecule has 0 saturated heterocycles. The summed E-state index contributed by atoms with van der Waals surface area (Å²) in [5.74, 6) is 0.816. The van der Waals surface area contributed by atoms with E-state index < -0.39 is 0 Å². The van der Waals surface area contributed by atoms with Gasteiger partial charge in [-0.15, -0.1) is 0 Å². The molecule has 0 unspecified atom stereocenters. The Morgan fingerprint density at radius 3 is 2.67 bits per heavy atom. The molecule has 1 aromatic heterocycles. The van der Waals surface area contributed by atoms with Gasteiger partial charge in [-0.3, -0.25) is 4.68 Å². The van der Waals surface area contributed by atoms with Crippen molar-refractivity contribution in [3.05, 3.63) is 53.3 Å². The fourth-order valence-corrected chi connectivity index (χ4v) is 2.45. The molecule has 0 radical (unpaired) electrons. The lowest BCUT2D eigenvalue weighted by molar-refractivity contribution is 0.402. The van der Waals surface area contributed by atoms with Crippen molar-refractivity contribution in [1.29, 1.82) is 0 Å². The molecule has 24 heavy (non-hydrogen) atoms. The highest BCUT2D eigenvalue weighted by Gasteiger charge is 2.02. The Kier molecular flexibility index (Phi) is 6.81. The third kappa shape index (κ3) is 5.70. The smallest absolute Gasteiger partial charge is 0.191 e. The molecule has 0 atom stereocenters. The number of guanidine groups is 1. The second kappa shape index (κ2) is 9.08. The van der Waals surface area contributed by atoms with Crippen LogP contribution in [0.5, 0.6) is 0 Å². The van der Waals surface area contributed by atoms with E-state index in [2.05, 4.69) is 70.9 Å². The molecule has 0 fully saturated rings. The monoisotopic (exact) mass is 328 g/mol. The van der Waals surface area contributed by atoms with Crippen molar-refractivity contribution in [2.24, 2.45) is 12.0 Å². The SMILES string of the molecule is CCNC(=NCc1cccc(CN(C)C)c1)NCc1ccnn1C. The molecule has 6 nitrogen and oxygen atoms in total. The molecule has 0 aliphatic carbocycles. The zero-order chi connectivity index (χ0) is 17.4. The van der Waals surface area contributed by atoms with Crippen LogP contribution in [0.2, 0.25) is 0 Å². The van der Waals surface area contributed by atoms with E-state index in [9.17, 15) is 0 Å². The molecule has 2 aromatic rings. The topological polar surface area (TPSA) is 57.5 Å². The highest BCUT2D eigenvalue weighted by molar-refractivity contribution is 5.79. The minimum absolute atomic E-state index is 0.655. The summed E-state index contributed by atoms with van der Waals surface area (Å²) in [6.07, 6.45) is 1.80. The number of hydrogen-bond donors (Lipinski definition) is 2. The second-order valence-corrected chi connectivity index (χ2v) is 6.05. The Balaban J connectivity index is 1.98. The minimum Gasteiger partial charge on any atom is -0.357 e. The average molecular weight is 328 g/mol. The van der Waals surface area contributed by atoms with Crippen LogP contribution in [-0.4, -0.2) is 41.3 Å². The summed E-state index contributed by atoms with van der Waals surface area (Å²) in [6.45, 7) is 5.19. The van der Waals surface area contributed by atoms with Gasteiger partial charge in [-0.25, -0.2) is 4.99 Å². The Hall–Kier alpha value is -2.34. The van der Waals surface area contributed by atoms with Crippen molar-refractivity contribution < 1.29 is 0 Å². The molecule has 2 N–H and O–H groups in total. The number of hydrogen-bond acceptors (Lipinski definition) is 3. The summed E-state index contributed by atoms with van der Waals surface area (Å²) in [7, 11) is 6.10. The summed E-state index contributed by atoms with van der Waals surface area (Å²) < 4.78 is 1.86. The molecule has 0 spiro atoms. The van der Waals surface area contributed by atoms with Gasteiger partial charge in [-0.2, -0.15) is 5.10 Å². The maximum Gasteiger partial charge on any atom is 0.191 e. The summed E-state index contributed by atoms with van der Waals surface area (Å²) in [5.41, 5.74) is 3.64. The van der Waals surface area contributed by atoms with E-state index in [4.69, 9.17) is 0 Å². The lowest BCUT2D eigenvalue weighted by Crippen LogP contribution is -2.37. The molecule has 1 aromatic carbocycles. The lowest BCUT2D eigenvalue weighted by Gasteiger charge is -2.12. The molecule has 1 heterocycles. The van der Waals surface area contributed by atoms with Gasteiger partial charge >= 0.3 is 0 Å². The van der Waals surface area contributed by atoms with Crippen LogP contribution < -0.4 is 10.6 Å². The van der Waals surface area contributed by atoms with Crippen molar-refractivity contribution in [2.75, 3.05) is 20.6 Å². The van der Waals surface area contributed by atoms with Gasteiger partial charge in [-0.05, 0) is 38.2 Å². The summed E-state index contributed by atoms with van der Waals surface area (Å²) >= 11 is 0. The highest BCUT2D eigenvalue weighted by atomic mass is 15.3. The summed E-state index contributed by atoms with van der Waals surface area (Å²) in [5, 5.41) is 10.8. The quantitative estimate of drug-likeness (QED) is 0.600. The van der Waals surface area contributed by atoms with E-state index >= 15 is 0 Å². The van der Waals surface area contributed by atoms with Crippen LogP contribution in [-0.2, 0) is 26.7 Å². The van der Waals surface area contributed by atoms with Crippen LogP contribution in [0.25, 0.3) is 0 Å². The number of aromatic nitrogens is 2. The lowest BCUT2D eigenvalue weighted by atomic mass is 10.1. The fourth-order valence-electron chi connectivity index (χ4n) is 2.45. The molecule has 2 rings (SSSR count). The Labute approximate surface area is 144 Å². The van der Waals surface area contributed by atoms with Crippen LogP contribution >= 0.6 is 0 Å². The molecular weight excluding hydrogens is 300 g/mol. The molecule has 0 amide bonds. The van der Waals surface area contributed by atoms with Gasteiger partial charge in [0, 0.05) is 26.3 Å². The third-order valence-corrected chi connectivity index (χ3v) is 3.61. The number of benzene rings is 1. The Morgan fingerprint density at radius 1 is 1.21 bits per heavy atom. The van der Waals surface area contributed by atoms with Crippen molar-refractivity contribution in [3.8, 4) is 0 Å². The first-order valence-corrected chi connectivity index (χ1v) is 8.30. The van der Waals surface area contributed by atoms with Crippen LogP contribution in [0.15, 0.2) is 41.5 Å². The maximum absolute atomic E-state index is 4.68. The van der Waals surface area contributed by atoms with Gasteiger partial charge < -0.3 is 15.5 Å². The van der Waals surface area contributed by atoms with E-state index in [0.29, 0.717) is 13.1 Å². The number of nitrogens with zero attached hydrogens (tertiary/aromatic N) is 4. The maximum atomic E-state index is 4.68. The fraction of sp³-hybridized carbons (Fsp3) is 0.444. The van der Waals surface area contributed by atoms with Gasteiger partial charge in [-0.1, -0.05) is 24.3 Å². The van der Waals surface area contributed by atoms with Crippen molar-refractivity contribution in [2.45, 2.75) is 26.6 Å². The van der Waals surface area contributed by atoms with E-state index in [-0.39, 0.29) is 0 Å². The normalized spacial score (nSPS) is 11.8. The van der Waals surface area contributed by atoms with E-state index in [1.165, 1.54) is 11.1 Å². The standard InChI is InChI=1S/C18H28N6/c1-5-19-18(21-13-17-9-10-22-24(17)4)20-12-15-7-6-8-16(11-15)14-23(2)3/h6-11H,5,12-14H2,1-4H3,(H2,19,20,21). The van der Waals surface area contributed by atoms with Crippen molar-refractivity contribution in [1.82, 2.24) is 25.3 Å². The minimum atomic E-state index is 0.655. The zero-order valence-electron chi connectivity index (χ0n) is 15.1. The molecule has 6 heteroatoms. The van der Waals surface area contributed by atoms with Crippen LogP contribution in [0.4, 0.5) is 0 Å². The van der Waals surface area contributed by atoms with E-state index in [0.717, 1.165) is 24.7 Å². The molecule has 0 aliphatic heterocycles. The second-order valence-electron chi connectivity index (χ2n) is 6.05. The van der Waals surface area contributed by atoms with Gasteiger partial charge in [0.1, 0.15) is 0 Å². The predicted molar refractivity (Wildman–Crippen MR) is 98.7 cm³/mol. The van der Waals surface area contributed by atoms with Gasteiger partial charge in [0.15, 0.2) is 5.96 Å². The zero-order valence-corrected chi connectivity index (χ0v) is 15.1. The largest absolute Gasteiger partial charge is 0.357 e. The van der Waals surface area contributed by atoms with E-state index in [1.54, 1.807) is 6.20 Å². The van der Waals surface area contributed by atoms with Crippen molar-refractivity contribution >= 4 is 5.96 Å². The number of aliphatic imine (C=N–C) groups is 1. The third-order valence-electron chi connectivity index (χ3n) is 3.61. The van der Waals surface area contributed by atoms with Crippen LogP contribution in [0.3, 0.4) is 0 Å². The first kappa shape index (κ1) is 18.0. The summed E-state index contributed by atoms with van der Waals surface area (Å²) in [6, 6.07) is 10.6. The Bertz CT molecular complexity index is 659. The average Bonchev–Trinajstić information content (AvgIpc) is 2.95. The molecule has 0 bridgehead atoms. The number of nitrogens with one attached hydrogen (secondary N) is 2. The highest BCUT2D eigenvalue weighted by Crippen LogP contribution is 2.08. The Morgan fingerprint density at radius 2 is 2.00 bits per heavy atom. The van der Waals surface area contributed by atoms with Crippen LogP contribution in [0, 0.1) is 0 Å². The molecule has 130 valence electrons. The molecule has 0 aliphatic rings. The number of aryl methyl sites for hydroxylation is 1. The van der Waals surface area contributed by atoms with Crippen molar-refractivity contribution in [3.63, 3.8) is 0 Å². The van der Waals surface area contributed by atoms with Gasteiger partial charge in [0.25, 0.3) is 0 Å². The van der Waals surface area contributed by atoms with Crippen LogP contribution in [0.1, 0.15) is 23.7 Å². The first-order chi connectivity index (χ1) is 11.6. The molecular formula is C18H28N6. The molecule has 0 saturated carbocycles. The summed E-state index contributed by atoms with van der Waals surface area (Å²) in [4.78, 5) is 6.85. The van der Waals surface area contributed by atoms with Gasteiger partial charge in [0.05, 0.1) is 18.8 Å². The van der Waals surface area contributed by atoms with E-state index in [1.807, 2.05) is 17.8 Å². The first-order valence-electron chi connectivity index (χ1n) is 8.30. The number of rotatable bonds is 7. The predicted octanol–water partition coefficient (Wildman–Crippen LogP) is 1.74. The van der Waals surface area contributed by atoms with Gasteiger partial charge in [0.2, 0.25) is 0 Å².